The van der Waals surface area contributed by atoms with Crippen LogP contribution in [0, 0.1) is 0 Å². The number of carboxylic acid groups (broad SMARTS) is 1. The van der Waals surface area contributed by atoms with Crippen LogP contribution in [-0.2, 0) is 19.6 Å². The van der Waals surface area contributed by atoms with Crippen LogP contribution < -0.4 is 4.72 Å². The van der Waals surface area contributed by atoms with Crippen molar-refractivity contribution in [3.8, 4) is 0 Å². The largest absolute Gasteiger partial charge is 0.481 e. The van der Waals surface area contributed by atoms with E-state index >= 15 is 0 Å². The minimum atomic E-state index is -3.41. The zero-order valence-corrected chi connectivity index (χ0v) is 9.29. The van der Waals surface area contributed by atoms with Crippen molar-refractivity contribution in [3.63, 3.8) is 0 Å². The third-order valence-corrected chi connectivity index (χ3v) is 2.88. The Kier molecular flexibility index (Phi) is 6.14. The van der Waals surface area contributed by atoms with Crippen molar-refractivity contribution in [2.45, 2.75) is 12.5 Å². The molecular formula is C8H15NO5S. The van der Waals surface area contributed by atoms with E-state index in [2.05, 4.69) is 11.3 Å². The monoisotopic (exact) mass is 237 g/mol. The Labute approximate surface area is 89.0 Å². The second-order valence-corrected chi connectivity index (χ2v) is 4.73. The molecule has 0 rings (SSSR count). The van der Waals surface area contributed by atoms with Gasteiger partial charge in [0.05, 0.1) is 18.3 Å². The van der Waals surface area contributed by atoms with Gasteiger partial charge in [-0.05, 0) is 0 Å². The lowest BCUT2D eigenvalue weighted by molar-refractivity contribution is -0.139. The smallest absolute Gasteiger partial charge is 0.306 e. The number of aliphatic carboxylic acids is 1. The zero-order valence-electron chi connectivity index (χ0n) is 8.47. The highest BCUT2D eigenvalue weighted by molar-refractivity contribution is 7.89. The quantitative estimate of drug-likeness (QED) is 0.559. The van der Waals surface area contributed by atoms with Crippen LogP contribution in [0.15, 0.2) is 12.7 Å². The third kappa shape index (κ3) is 7.06. The molecule has 0 saturated heterocycles. The number of nitrogens with one attached hydrogen (secondary N) is 1. The number of carbonyl (C=O) groups is 1. The lowest BCUT2D eigenvalue weighted by Gasteiger charge is -2.13. The van der Waals surface area contributed by atoms with Crippen LogP contribution in [0.3, 0.4) is 0 Å². The number of sulfonamides is 1. The molecule has 0 aromatic heterocycles. The van der Waals surface area contributed by atoms with E-state index in [-0.39, 0.29) is 18.7 Å². The van der Waals surface area contributed by atoms with E-state index in [0.717, 1.165) is 0 Å². The van der Waals surface area contributed by atoms with Crippen LogP contribution in [-0.4, -0.2) is 45.0 Å². The van der Waals surface area contributed by atoms with Gasteiger partial charge in [0, 0.05) is 13.7 Å². The van der Waals surface area contributed by atoms with E-state index < -0.39 is 22.1 Å². The molecule has 0 aliphatic rings. The van der Waals surface area contributed by atoms with Gasteiger partial charge < -0.3 is 9.84 Å². The van der Waals surface area contributed by atoms with Gasteiger partial charge in [0.15, 0.2) is 0 Å². The van der Waals surface area contributed by atoms with Crippen molar-refractivity contribution in [1.82, 2.24) is 4.72 Å². The maximum atomic E-state index is 11.2. The maximum absolute atomic E-state index is 11.2. The predicted molar refractivity (Wildman–Crippen MR) is 55.0 cm³/mol. The molecule has 2 N–H and O–H groups in total. The molecular weight excluding hydrogens is 222 g/mol. The standard InChI is InChI=1S/C8H15NO5S/c1-3-4-15(12,13)9-6-7(14-2)5-8(10)11/h3,7,9H,1,4-6H2,2H3,(H,10,11). The van der Waals surface area contributed by atoms with Gasteiger partial charge in [-0.1, -0.05) is 6.08 Å². The van der Waals surface area contributed by atoms with E-state index in [1.807, 2.05) is 0 Å². The van der Waals surface area contributed by atoms with Crippen molar-refractivity contribution >= 4 is 16.0 Å². The van der Waals surface area contributed by atoms with Crippen LogP contribution in [0.1, 0.15) is 6.42 Å². The summed E-state index contributed by atoms with van der Waals surface area (Å²) in [7, 11) is -2.08. The van der Waals surface area contributed by atoms with Crippen LogP contribution in [0.25, 0.3) is 0 Å². The molecule has 7 heteroatoms. The van der Waals surface area contributed by atoms with Gasteiger partial charge in [-0.25, -0.2) is 13.1 Å². The maximum Gasteiger partial charge on any atom is 0.306 e. The Balaban J connectivity index is 4.10. The van der Waals surface area contributed by atoms with Crippen LogP contribution >= 0.6 is 0 Å². The molecule has 0 radical (unpaired) electrons. The number of rotatable bonds is 8. The normalized spacial score (nSPS) is 13.4. The summed E-state index contributed by atoms with van der Waals surface area (Å²) >= 11 is 0. The molecule has 0 bridgehead atoms. The van der Waals surface area contributed by atoms with Gasteiger partial charge in [-0.15, -0.1) is 6.58 Å². The first-order valence-electron chi connectivity index (χ1n) is 4.24. The molecule has 0 spiro atoms. The average Bonchev–Trinajstić information content (AvgIpc) is 2.11. The van der Waals surface area contributed by atoms with E-state index in [9.17, 15) is 13.2 Å². The average molecular weight is 237 g/mol. The lowest BCUT2D eigenvalue weighted by Crippen LogP contribution is -2.35. The summed E-state index contributed by atoms with van der Waals surface area (Å²) < 4.78 is 29.3. The zero-order chi connectivity index (χ0) is 11.9. The molecule has 0 fully saturated rings. The lowest BCUT2D eigenvalue weighted by atomic mass is 10.2. The summed E-state index contributed by atoms with van der Waals surface area (Å²) in [6.07, 6.45) is 0.344. The molecule has 88 valence electrons. The molecule has 0 aromatic carbocycles. The molecule has 1 atom stereocenters. The second-order valence-electron chi connectivity index (χ2n) is 2.87. The predicted octanol–water partition coefficient (Wildman–Crippen LogP) is -0.418. The number of hydrogen-bond acceptors (Lipinski definition) is 4. The molecule has 0 aromatic rings. The molecule has 0 aliphatic heterocycles. The first-order valence-corrected chi connectivity index (χ1v) is 5.89. The highest BCUT2D eigenvalue weighted by atomic mass is 32.2. The van der Waals surface area contributed by atoms with E-state index in [1.165, 1.54) is 13.2 Å². The van der Waals surface area contributed by atoms with Gasteiger partial charge >= 0.3 is 5.97 Å². The van der Waals surface area contributed by atoms with E-state index in [0.29, 0.717) is 0 Å². The summed E-state index contributed by atoms with van der Waals surface area (Å²) in [6.45, 7) is 3.24. The fraction of sp³-hybridized carbons (Fsp3) is 0.625. The molecule has 1 unspecified atom stereocenters. The van der Waals surface area contributed by atoms with Gasteiger partial charge in [0.2, 0.25) is 10.0 Å². The topological polar surface area (TPSA) is 92.7 Å². The first-order chi connectivity index (χ1) is 6.91. The summed E-state index contributed by atoms with van der Waals surface area (Å²) in [5.41, 5.74) is 0. The first kappa shape index (κ1) is 14.1. The summed E-state index contributed by atoms with van der Waals surface area (Å²) in [5, 5.41) is 8.47. The van der Waals surface area contributed by atoms with Crippen molar-refractivity contribution in [2.75, 3.05) is 19.4 Å². The molecule has 6 nitrogen and oxygen atoms in total. The van der Waals surface area contributed by atoms with E-state index in [4.69, 9.17) is 9.84 Å². The number of hydrogen-bond donors (Lipinski definition) is 2. The summed E-state index contributed by atoms with van der Waals surface area (Å²) in [6, 6.07) is 0. The van der Waals surface area contributed by atoms with Gasteiger partial charge in [-0.2, -0.15) is 0 Å². The van der Waals surface area contributed by atoms with E-state index in [1.54, 1.807) is 0 Å². The number of methoxy groups -OCH3 is 1. The molecule has 0 aliphatic carbocycles. The Hall–Kier alpha value is -0.920. The van der Waals surface area contributed by atoms with Crippen molar-refractivity contribution in [3.05, 3.63) is 12.7 Å². The fourth-order valence-electron chi connectivity index (χ4n) is 0.868. The Bertz CT molecular complexity index is 311. The van der Waals surface area contributed by atoms with Gasteiger partial charge in [0.25, 0.3) is 0 Å². The molecule has 0 saturated carbocycles. The van der Waals surface area contributed by atoms with Gasteiger partial charge in [0.1, 0.15) is 0 Å². The molecule has 0 heterocycles. The minimum absolute atomic E-state index is 0.0566. The van der Waals surface area contributed by atoms with Crippen molar-refractivity contribution in [1.29, 1.82) is 0 Å². The number of ether oxygens (including phenoxy) is 1. The highest BCUT2D eigenvalue weighted by Gasteiger charge is 2.15. The van der Waals surface area contributed by atoms with Crippen molar-refractivity contribution in [2.24, 2.45) is 0 Å². The second kappa shape index (κ2) is 6.54. The summed E-state index contributed by atoms with van der Waals surface area (Å²) in [4.78, 5) is 10.3. The van der Waals surface area contributed by atoms with Gasteiger partial charge in [-0.3, -0.25) is 4.79 Å². The molecule has 15 heavy (non-hydrogen) atoms. The SMILES string of the molecule is C=CCS(=O)(=O)NCC(CC(=O)O)OC. The fourth-order valence-corrected chi connectivity index (χ4v) is 1.74. The number of carboxylic acids is 1. The summed E-state index contributed by atoms with van der Waals surface area (Å²) in [5.74, 6) is -1.24. The Morgan fingerprint density at radius 3 is 2.67 bits per heavy atom. The molecule has 0 amide bonds. The highest BCUT2D eigenvalue weighted by Crippen LogP contribution is 1.97. The minimum Gasteiger partial charge on any atom is -0.481 e. The van der Waals surface area contributed by atoms with Crippen molar-refractivity contribution < 1.29 is 23.1 Å². The third-order valence-electron chi connectivity index (χ3n) is 1.60. The van der Waals surface area contributed by atoms with Crippen LogP contribution in [0.5, 0.6) is 0 Å². The van der Waals surface area contributed by atoms with Crippen LogP contribution in [0.2, 0.25) is 0 Å². The Morgan fingerprint density at radius 2 is 2.27 bits per heavy atom. The Morgan fingerprint density at radius 1 is 1.67 bits per heavy atom. The van der Waals surface area contributed by atoms with Crippen LogP contribution in [0.4, 0.5) is 0 Å².